The van der Waals surface area contributed by atoms with E-state index in [9.17, 15) is 4.79 Å². The van der Waals surface area contributed by atoms with E-state index in [-0.39, 0.29) is 6.61 Å². The fourth-order valence-corrected chi connectivity index (χ4v) is 0.876. The zero-order valence-electron chi connectivity index (χ0n) is 7.90. The molecule has 0 radical (unpaired) electrons. The first kappa shape index (κ1) is 10.5. The molecule has 2 N–H and O–H groups in total. The lowest BCUT2D eigenvalue weighted by atomic mass is 10.3. The van der Waals surface area contributed by atoms with Gasteiger partial charge in [-0.1, -0.05) is 0 Å². The van der Waals surface area contributed by atoms with E-state index in [2.05, 4.69) is 4.98 Å². The summed E-state index contributed by atoms with van der Waals surface area (Å²) >= 11 is 0. The molecule has 0 unspecified atom stereocenters. The third kappa shape index (κ3) is 3.02. The van der Waals surface area contributed by atoms with Gasteiger partial charge in [-0.05, 0) is 12.1 Å². The van der Waals surface area contributed by atoms with Crippen LogP contribution in [0.2, 0.25) is 0 Å². The predicted molar refractivity (Wildman–Crippen MR) is 50.8 cm³/mol. The Morgan fingerprint density at radius 1 is 1.57 bits per heavy atom. The Kier molecular flexibility index (Phi) is 3.87. The van der Waals surface area contributed by atoms with Crippen molar-refractivity contribution in [2.45, 2.75) is 0 Å². The number of pyridine rings is 1. The summed E-state index contributed by atoms with van der Waals surface area (Å²) in [7, 11) is 1.54. The largest absolute Gasteiger partial charge is 0.460 e. The second-order valence-corrected chi connectivity index (χ2v) is 2.60. The van der Waals surface area contributed by atoms with Crippen LogP contribution in [-0.2, 0) is 9.47 Å². The molecule has 0 amide bonds. The SMILES string of the molecule is COCCOC(=O)c1ccnc(N)c1. The Labute approximate surface area is 81.8 Å². The summed E-state index contributed by atoms with van der Waals surface area (Å²) in [5.41, 5.74) is 5.80. The van der Waals surface area contributed by atoms with Gasteiger partial charge in [0.2, 0.25) is 0 Å². The normalized spacial score (nSPS) is 9.79. The highest BCUT2D eigenvalue weighted by molar-refractivity contribution is 5.89. The Morgan fingerprint density at radius 3 is 3.00 bits per heavy atom. The molecule has 0 aliphatic rings. The topological polar surface area (TPSA) is 74.4 Å². The number of ether oxygens (including phenoxy) is 2. The average Bonchev–Trinajstić information content (AvgIpc) is 2.18. The Hall–Kier alpha value is -1.62. The highest BCUT2D eigenvalue weighted by atomic mass is 16.6. The molecule has 0 aromatic carbocycles. The van der Waals surface area contributed by atoms with Crippen molar-refractivity contribution in [3.05, 3.63) is 23.9 Å². The van der Waals surface area contributed by atoms with Crippen molar-refractivity contribution in [2.24, 2.45) is 0 Å². The minimum atomic E-state index is -0.420. The van der Waals surface area contributed by atoms with Crippen molar-refractivity contribution in [3.63, 3.8) is 0 Å². The minimum absolute atomic E-state index is 0.234. The number of methoxy groups -OCH3 is 1. The first-order chi connectivity index (χ1) is 6.74. The van der Waals surface area contributed by atoms with Gasteiger partial charge in [0.1, 0.15) is 12.4 Å². The number of hydrogen-bond donors (Lipinski definition) is 1. The van der Waals surface area contributed by atoms with Crippen LogP contribution in [0.1, 0.15) is 10.4 Å². The quantitative estimate of drug-likeness (QED) is 0.559. The van der Waals surface area contributed by atoms with Gasteiger partial charge in [-0.25, -0.2) is 9.78 Å². The molecule has 0 spiro atoms. The molecule has 1 rings (SSSR count). The number of nitrogens with two attached hydrogens (primary N) is 1. The molecule has 5 heteroatoms. The molecular weight excluding hydrogens is 184 g/mol. The molecule has 0 aliphatic carbocycles. The lowest BCUT2D eigenvalue weighted by Gasteiger charge is -2.03. The van der Waals surface area contributed by atoms with Gasteiger partial charge in [0, 0.05) is 13.3 Å². The van der Waals surface area contributed by atoms with E-state index in [1.54, 1.807) is 6.07 Å². The number of hydrogen-bond acceptors (Lipinski definition) is 5. The van der Waals surface area contributed by atoms with Gasteiger partial charge in [0.15, 0.2) is 0 Å². The van der Waals surface area contributed by atoms with Crippen LogP contribution in [0.5, 0.6) is 0 Å². The second kappa shape index (κ2) is 5.18. The van der Waals surface area contributed by atoms with Gasteiger partial charge in [0.05, 0.1) is 12.2 Å². The van der Waals surface area contributed by atoms with Gasteiger partial charge in [0.25, 0.3) is 0 Å². The van der Waals surface area contributed by atoms with Crippen molar-refractivity contribution in [1.29, 1.82) is 0 Å². The van der Waals surface area contributed by atoms with Crippen molar-refractivity contribution in [1.82, 2.24) is 4.98 Å². The van der Waals surface area contributed by atoms with Gasteiger partial charge >= 0.3 is 5.97 Å². The molecule has 0 bridgehead atoms. The van der Waals surface area contributed by atoms with E-state index in [1.807, 2.05) is 0 Å². The maximum Gasteiger partial charge on any atom is 0.338 e. The Bertz CT molecular complexity index is 315. The van der Waals surface area contributed by atoms with Crippen LogP contribution in [-0.4, -0.2) is 31.3 Å². The zero-order chi connectivity index (χ0) is 10.4. The number of nitrogen functional groups attached to an aromatic ring is 1. The third-order valence-electron chi connectivity index (χ3n) is 1.54. The number of anilines is 1. The number of aromatic nitrogens is 1. The number of carbonyl (C=O) groups excluding carboxylic acids is 1. The molecule has 1 heterocycles. The molecule has 0 saturated carbocycles. The molecule has 0 aliphatic heterocycles. The smallest absolute Gasteiger partial charge is 0.338 e. The van der Waals surface area contributed by atoms with E-state index < -0.39 is 5.97 Å². The summed E-state index contributed by atoms with van der Waals surface area (Å²) < 4.78 is 9.61. The fraction of sp³-hybridized carbons (Fsp3) is 0.333. The summed E-state index contributed by atoms with van der Waals surface area (Å²) in [6, 6.07) is 3.01. The van der Waals surface area contributed by atoms with Gasteiger partial charge in [-0.3, -0.25) is 0 Å². The molecular formula is C9H12N2O3. The summed E-state index contributed by atoms with van der Waals surface area (Å²) in [6.07, 6.45) is 1.46. The van der Waals surface area contributed by atoms with E-state index in [0.717, 1.165) is 0 Å². The van der Waals surface area contributed by atoms with Crippen LogP contribution in [0.4, 0.5) is 5.82 Å². The lowest BCUT2D eigenvalue weighted by Crippen LogP contribution is -2.10. The van der Waals surface area contributed by atoms with Crippen molar-refractivity contribution in [3.8, 4) is 0 Å². The number of carbonyl (C=O) groups is 1. The maximum absolute atomic E-state index is 11.3. The zero-order valence-corrected chi connectivity index (χ0v) is 7.90. The van der Waals surface area contributed by atoms with Crippen LogP contribution in [0.15, 0.2) is 18.3 Å². The summed E-state index contributed by atoms with van der Waals surface area (Å²) in [4.78, 5) is 15.1. The van der Waals surface area contributed by atoms with Gasteiger partial charge in [-0.2, -0.15) is 0 Å². The summed E-state index contributed by atoms with van der Waals surface area (Å²) in [6.45, 7) is 0.615. The Morgan fingerprint density at radius 2 is 2.36 bits per heavy atom. The molecule has 1 aromatic heterocycles. The second-order valence-electron chi connectivity index (χ2n) is 2.60. The van der Waals surface area contributed by atoms with Crippen LogP contribution in [0.25, 0.3) is 0 Å². The van der Waals surface area contributed by atoms with Crippen LogP contribution in [0.3, 0.4) is 0 Å². The predicted octanol–water partition coefficient (Wildman–Crippen LogP) is 0.467. The van der Waals surface area contributed by atoms with E-state index in [4.69, 9.17) is 15.2 Å². The molecule has 5 nitrogen and oxygen atoms in total. The number of rotatable bonds is 4. The van der Waals surface area contributed by atoms with Crippen LogP contribution >= 0.6 is 0 Å². The standard InChI is InChI=1S/C9H12N2O3/c1-13-4-5-14-9(12)7-2-3-11-8(10)6-7/h2-3,6H,4-5H2,1H3,(H2,10,11). The molecule has 0 fully saturated rings. The highest BCUT2D eigenvalue weighted by Crippen LogP contribution is 2.04. The van der Waals surface area contributed by atoms with Crippen molar-refractivity contribution >= 4 is 11.8 Å². The van der Waals surface area contributed by atoms with Gasteiger partial charge < -0.3 is 15.2 Å². The summed E-state index contributed by atoms with van der Waals surface area (Å²) in [5.74, 6) is -0.123. The van der Waals surface area contributed by atoms with Gasteiger partial charge in [-0.15, -0.1) is 0 Å². The molecule has 76 valence electrons. The van der Waals surface area contributed by atoms with E-state index in [1.165, 1.54) is 19.4 Å². The molecule has 0 atom stereocenters. The third-order valence-corrected chi connectivity index (χ3v) is 1.54. The van der Waals surface area contributed by atoms with Crippen LogP contribution in [0, 0.1) is 0 Å². The first-order valence-corrected chi connectivity index (χ1v) is 4.11. The highest BCUT2D eigenvalue weighted by Gasteiger charge is 2.06. The molecule has 1 aromatic rings. The van der Waals surface area contributed by atoms with Crippen LogP contribution < -0.4 is 5.73 Å². The molecule has 14 heavy (non-hydrogen) atoms. The van der Waals surface area contributed by atoms with E-state index >= 15 is 0 Å². The first-order valence-electron chi connectivity index (χ1n) is 4.11. The summed E-state index contributed by atoms with van der Waals surface area (Å²) in [5, 5.41) is 0. The van der Waals surface area contributed by atoms with E-state index in [0.29, 0.717) is 18.0 Å². The lowest BCUT2D eigenvalue weighted by molar-refractivity contribution is 0.0388. The van der Waals surface area contributed by atoms with Crippen molar-refractivity contribution in [2.75, 3.05) is 26.1 Å². The fourth-order valence-electron chi connectivity index (χ4n) is 0.876. The maximum atomic E-state index is 11.3. The number of esters is 1. The Balaban J connectivity index is 2.52. The minimum Gasteiger partial charge on any atom is -0.460 e. The number of nitrogens with zero attached hydrogens (tertiary/aromatic N) is 1. The molecule has 0 saturated heterocycles. The van der Waals surface area contributed by atoms with Crippen molar-refractivity contribution < 1.29 is 14.3 Å². The monoisotopic (exact) mass is 196 g/mol. The average molecular weight is 196 g/mol.